The molecule has 57 valence electrons. The van der Waals surface area contributed by atoms with Crippen LogP contribution in [0.5, 0.6) is 11.9 Å². The van der Waals surface area contributed by atoms with Crippen LogP contribution in [-0.4, -0.2) is 26.2 Å². The maximum absolute atomic E-state index is 10.1. The summed E-state index contributed by atoms with van der Waals surface area (Å²) in [6, 6.07) is -0.688. The molecule has 0 aromatic carbocycles. The van der Waals surface area contributed by atoms with Gasteiger partial charge in [-0.15, -0.1) is 0 Å². The molecule has 0 saturated carbocycles. The average molecular weight is 155 g/mol. The molecule has 6 heteroatoms. The van der Waals surface area contributed by atoms with Crippen molar-refractivity contribution in [1.82, 2.24) is 9.97 Å². The van der Waals surface area contributed by atoms with Crippen molar-refractivity contribution < 1.29 is 20.1 Å². The molecule has 1 rings (SSSR count). The maximum atomic E-state index is 10.1. The first-order chi connectivity index (χ1) is 5.11. The second-order valence-corrected chi connectivity index (χ2v) is 1.69. The Balaban J connectivity index is 3.20. The summed E-state index contributed by atoms with van der Waals surface area (Å²) in [6.45, 7) is 0. The van der Waals surface area contributed by atoms with Crippen molar-refractivity contribution in [2.75, 3.05) is 0 Å². The van der Waals surface area contributed by atoms with E-state index in [0.717, 1.165) is 6.20 Å². The Labute approximate surface area is 60.8 Å². The Morgan fingerprint density at radius 3 is 2.55 bits per heavy atom. The number of aromatic hydroxyl groups is 2. The monoisotopic (exact) mass is 155 g/mol. The number of nitrogens with zero attached hydrogens (tertiary/aromatic N) is 2. The van der Waals surface area contributed by atoms with Crippen LogP contribution in [0.2, 0.25) is 0 Å². The van der Waals surface area contributed by atoms with Gasteiger partial charge in [-0.05, 0) is 0 Å². The minimum Gasteiger partial charge on any atom is -0.493 e. The summed E-state index contributed by atoms with van der Waals surface area (Å²) in [5.74, 6) is -2.40. The first-order valence-corrected chi connectivity index (χ1v) is 2.57. The molecule has 2 N–H and O–H groups in total. The predicted molar refractivity (Wildman–Crippen MR) is 30.4 cm³/mol. The van der Waals surface area contributed by atoms with Gasteiger partial charge in [0.25, 0.3) is 0 Å². The third-order valence-electron chi connectivity index (χ3n) is 0.976. The van der Waals surface area contributed by atoms with Gasteiger partial charge in [0.05, 0.1) is 6.20 Å². The highest BCUT2D eigenvalue weighted by atomic mass is 16.4. The van der Waals surface area contributed by atoms with E-state index >= 15 is 0 Å². The van der Waals surface area contributed by atoms with E-state index in [1.807, 2.05) is 0 Å². The SMILES string of the molecule is [O]C(=O)c1cnc(O)nc1O. The van der Waals surface area contributed by atoms with Gasteiger partial charge in [-0.1, -0.05) is 0 Å². The molecule has 0 fully saturated rings. The fraction of sp³-hybridized carbons (Fsp3) is 0. The molecule has 11 heavy (non-hydrogen) atoms. The average Bonchev–Trinajstić information content (AvgIpc) is 1.85. The van der Waals surface area contributed by atoms with Gasteiger partial charge in [-0.25, -0.2) is 14.9 Å². The zero-order valence-corrected chi connectivity index (χ0v) is 5.18. The number of hydrogen-bond donors (Lipinski definition) is 2. The molecule has 0 saturated heterocycles. The topological polar surface area (TPSA) is 103 Å². The molecule has 0 atom stereocenters. The highest BCUT2D eigenvalue weighted by Crippen LogP contribution is 2.14. The van der Waals surface area contributed by atoms with Gasteiger partial charge in [0.15, 0.2) is 0 Å². The lowest BCUT2D eigenvalue weighted by molar-refractivity contribution is 0.0568. The molecule has 1 radical (unpaired) electrons. The lowest BCUT2D eigenvalue weighted by Gasteiger charge is -1.94. The summed E-state index contributed by atoms with van der Waals surface area (Å²) in [4.78, 5) is 16.2. The van der Waals surface area contributed by atoms with Crippen LogP contribution in [0.15, 0.2) is 6.20 Å². The molecule has 1 heterocycles. The first-order valence-electron chi connectivity index (χ1n) is 2.57. The molecule has 0 unspecified atom stereocenters. The van der Waals surface area contributed by atoms with Crippen LogP contribution in [0.3, 0.4) is 0 Å². The number of carbonyl (C=O) groups is 1. The van der Waals surface area contributed by atoms with Crippen LogP contribution in [0.25, 0.3) is 0 Å². The van der Waals surface area contributed by atoms with Crippen LogP contribution in [-0.2, 0) is 5.11 Å². The molecule has 0 bridgehead atoms. The Hall–Kier alpha value is -1.85. The van der Waals surface area contributed by atoms with Crippen molar-refractivity contribution >= 4 is 5.97 Å². The van der Waals surface area contributed by atoms with Crippen molar-refractivity contribution in [3.63, 3.8) is 0 Å². The molecule has 1 aromatic heterocycles. The molecular formula is C5H3N2O4. The van der Waals surface area contributed by atoms with Gasteiger partial charge < -0.3 is 10.2 Å². The summed E-state index contributed by atoms with van der Waals surface area (Å²) in [6.07, 6.45) is 0.757. The van der Waals surface area contributed by atoms with E-state index in [9.17, 15) is 9.90 Å². The van der Waals surface area contributed by atoms with Crippen molar-refractivity contribution in [3.8, 4) is 11.9 Å². The Kier molecular flexibility index (Phi) is 1.59. The van der Waals surface area contributed by atoms with Crippen LogP contribution >= 0.6 is 0 Å². The summed E-state index contributed by atoms with van der Waals surface area (Å²) in [7, 11) is 0. The summed E-state index contributed by atoms with van der Waals surface area (Å²) < 4.78 is 0. The summed E-state index contributed by atoms with van der Waals surface area (Å²) >= 11 is 0. The largest absolute Gasteiger partial charge is 0.493 e. The van der Waals surface area contributed by atoms with Crippen molar-refractivity contribution in [1.29, 1.82) is 0 Å². The summed E-state index contributed by atoms with van der Waals surface area (Å²) in [5, 5.41) is 27.4. The van der Waals surface area contributed by atoms with Gasteiger partial charge in [0.1, 0.15) is 5.56 Å². The predicted octanol–water partition coefficient (Wildman–Crippen LogP) is -0.542. The van der Waals surface area contributed by atoms with Gasteiger partial charge in [-0.2, -0.15) is 4.98 Å². The summed E-state index contributed by atoms with van der Waals surface area (Å²) in [5.41, 5.74) is -0.553. The molecule has 0 aliphatic rings. The quantitative estimate of drug-likeness (QED) is 0.566. The molecule has 6 nitrogen and oxygen atoms in total. The maximum Gasteiger partial charge on any atom is 0.393 e. The molecule has 0 aliphatic heterocycles. The van der Waals surface area contributed by atoms with Crippen LogP contribution in [0.1, 0.15) is 10.4 Å². The molecule has 0 spiro atoms. The minimum absolute atomic E-state index is 0.553. The first kappa shape index (κ1) is 7.26. The van der Waals surface area contributed by atoms with Crippen molar-refractivity contribution in [3.05, 3.63) is 11.8 Å². The zero-order valence-electron chi connectivity index (χ0n) is 5.18. The van der Waals surface area contributed by atoms with E-state index in [2.05, 4.69) is 9.97 Å². The van der Waals surface area contributed by atoms with E-state index in [-0.39, 0.29) is 0 Å². The molecule has 1 aromatic rings. The standard InChI is InChI=1S/C5H3N2O4/c8-3-2(4(9)10)1-6-5(11)7-3/h1H,(H2,6,7,8,11). The molecule has 0 aliphatic carbocycles. The lowest BCUT2D eigenvalue weighted by Crippen LogP contribution is -1.97. The molecule has 0 amide bonds. The Morgan fingerprint density at radius 2 is 2.09 bits per heavy atom. The third kappa shape index (κ3) is 1.34. The van der Waals surface area contributed by atoms with Gasteiger partial charge >= 0.3 is 12.0 Å². The number of carbonyl (C=O) groups excluding carboxylic acids is 1. The number of aromatic nitrogens is 2. The Bertz CT molecular complexity index is 299. The minimum atomic E-state index is -1.59. The highest BCUT2D eigenvalue weighted by Gasteiger charge is 2.13. The number of hydrogen-bond acceptors (Lipinski definition) is 5. The fourth-order valence-electron chi connectivity index (χ4n) is 0.508. The lowest BCUT2D eigenvalue weighted by atomic mass is 10.3. The van der Waals surface area contributed by atoms with E-state index in [1.165, 1.54) is 0 Å². The van der Waals surface area contributed by atoms with Gasteiger partial charge in [-0.3, -0.25) is 0 Å². The van der Waals surface area contributed by atoms with Crippen LogP contribution < -0.4 is 0 Å². The van der Waals surface area contributed by atoms with Crippen LogP contribution in [0, 0.1) is 0 Å². The van der Waals surface area contributed by atoms with Crippen molar-refractivity contribution in [2.24, 2.45) is 0 Å². The smallest absolute Gasteiger partial charge is 0.393 e. The van der Waals surface area contributed by atoms with E-state index in [1.54, 1.807) is 0 Å². The van der Waals surface area contributed by atoms with E-state index in [4.69, 9.17) is 10.2 Å². The second-order valence-electron chi connectivity index (χ2n) is 1.69. The van der Waals surface area contributed by atoms with Gasteiger partial charge in [0.2, 0.25) is 5.88 Å². The normalized spacial score (nSPS) is 9.45. The van der Waals surface area contributed by atoms with E-state index < -0.39 is 23.4 Å². The third-order valence-corrected chi connectivity index (χ3v) is 0.976. The zero-order chi connectivity index (χ0) is 8.43. The van der Waals surface area contributed by atoms with E-state index in [0.29, 0.717) is 0 Å². The van der Waals surface area contributed by atoms with Crippen molar-refractivity contribution in [2.45, 2.75) is 0 Å². The fourth-order valence-corrected chi connectivity index (χ4v) is 0.508. The number of rotatable bonds is 1. The van der Waals surface area contributed by atoms with Crippen LogP contribution in [0.4, 0.5) is 0 Å². The highest BCUT2D eigenvalue weighted by molar-refractivity contribution is 5.89. The Morgan fingerprint density at radius 1 is 1.45 bits per heavy atom. The second kappa shape index (κ2) is 2.41. The van der Waals surface area contributed by atoms with Gasteiger partial charge in [0, 0.05) is 0 Å². The molecular weight excluding hydrogens is 152 g/mol.